The zero-order valence-electron chi connectivity index (χ0n) is 17.7. The van der Waals surface area contributed by atoms with Gasteiger partial charge in [-0.2, -0.15) is 4.98 Å². The molecular weight excluding hydrogens is 408 g/mol. The predicted octanol–water partition coefficient (Wildman–Crippen LogP) is 4.68. The van der Waals surface area contributed by atoms with Gasteiger partial charge in [0.2, 0.25) is 5.95 Å². The molecule has 3 aromatic rings. The highest BCUT2D eigenvalue weighted by atomic mass is 16.6. The third kappa shape index (κ3) is 5.18. The Hall–Kier alpha value is -4.01. The number of amides is 1. The van der Waals surface area contributed by atoms with Gasteiger partial charge < -0.3 is 15.5 Å². The number of benzene rings is 2. The van der Waals surface area contributed by atoms with E-state index in [1.54, 1.807) is 12.1 Å². The van der Waals surface area contributed by atoms with Gasteiger partial charge in [-0.05, 0) is 56.5 Å². The molecule has 9 heteroatoms. The Morgan fingerprint density at radius 1 is 1.00 bits per heavy atom. The van der Waals surface area contributed by atoms with Gasteiger partial charge in [0.1, 0.15) is 5.82 Å². The van der Waals surface area contributed by atoms with E-state index >= 15 is 0 Å². The number of anilines is 4. The van der Waals surface area contributed by atoms with Crippen LogP contribution in [-0.4, -0.2) is 33.9 Å². The van der Waals surface area contributed by atoms with Gasteiger partial charge in [-0.3, -0.25) is 14.9 Å². The number of nitro groups is 1. The molecule has 0 spiro atoms. The second kappa shape index (κ2) is 9.42. The largest absolute Gasteiger partial charge is 0.341 e. The molecule has 32 heavy (non-hydrogen) atoms. The summed E-state index contributed by atoms with van der Waals surface area (Å²) >= 11 is 0. The van der Waals surface area contributed by atoms with Crippen molar-refractivity contribution < 1.29 is 9.72 Å². The van der Waals surface area contributed by atoms with Crippen molar-refractivity contribution in [3.05, 3.63) is 76.0 Å². The Balaban J connectivity index is 1.43. The molecule has 2 aromatic carbocycles. The van der Waals surface area contributed by atoms with Crippen LogP contribution in [0.2, 0.25) is 0 Å². The molecule has 1 fully saturated rings. The van der Waals surface area contributed by atoms with Crippen LogP contribution < -0.4 is 15.5 Å². The first-order valence-electron chi connectivity index (χ1n) is 10.5. The summed E-state index contributed by atoms with van der Waals surface area (Å²) in [5, 5.41) is 17.0. The highest BCUT2D eigenvalue weighted by Crippen LogP contribution is 2.22. The SMILES string of the molecule is Cc1cc(Nc2ccc(NC(=O)c3cccc([N+](=O)[O-])c3)cc2)nc(N2CCCCC2)n1. The summed E-state index contributed by atoms with van der Waals surface area (Å²) in [6.45, 7) is 3.90. The molecule has 0 bridgehead atoms. The average molecular weight is 432 g/mol. The number of nitro benzene ring substituents is 1. The number of hydrogen-bond donors (Lipinski definition) is 2. The molecule has 1 saturated heterocycles. The monoisotopic (exact) mass is 432 g/mol. The van der Waals surface area contributed by atoms with Crippen molar-refractivity contribution in [2.45, 2.75) is 26.2 Å². The number of hydrogen-bond acceptors (Lipinski definition) is 7. The fraction of sp³-hybridized carbons (Fsp3) is 0.261. The summed E-state index contributed by atoms with van der Waals surface area (Å²) in [5.41, 5.74) is 2.40. The normalized spacial score (nSPS) is 13.5. The van der Waals surface area contributed by atoms with Crippen molar-refractivity contribution in [3.63, 3.8) is 0 Å². The molecule has 164 valence electrons. The fourth-order valence-corrected chi connectivity index (χ4v) is 3.60. The molecule has 1 aliphatic heterocycles. The van der Waals surface area contributed by atoms with Crippen LogP contribution in [0.4, 0.5) is 28.8 Å². The molecule has 1 aliphatic rings. The number of nitrogens with one attached hydrogen (secondary N) is 2. The first-order valence-corrected chi connectivity index (χ1v) is 10.5. The van der Waals surface area contributed by atoms with E-state index in [-0.39, 0.29) is 11.3 Å². The van der Waals surface area contributed by atoms with Gasteiger partial charge in [0.15, 0.2) is 0 Å². The van der Waals surface area contributed by atoms with E-state index in [9.17, 15) is 14.9 Å². The second-order valence-corrected chi connectivity index (χ2v) is 7.71. The standard InChI is InChI=1S/C23H24N6O3/c1-16-14-21(27-23(24-16)28-12-3-2-4-13-28)25-18-8-10-19(11-9-18)26-22(30)17-6-5-7-20(15-17)29(31)32/h5-11,14-15H,2-4,12-13H2,1H3,(H,26,30)(H,24,25,27). The van der Waals surface area contributed by atoms with E-state index in [0.29, 0.717) is 11.5 Å². The van der Waals surface area contributed by atoms with Gasteiger partial charge >= 0.3 is 0 Å². The Morgan fingerprint density at radius 2 is 1.72 bits per heavy atom. The molecule has 4 rings (SSSR count). The lowest BCUT2D eigenvalue weighted by Gasteiger charge is -2.27. The Kier molecular flexibility index (Phi) is 6.25. The van der Waals surface area contributed by atoms with Gasteiger partial charge in [-0.15, -0.1) is 0 Å². The molecular formula is C23H24N6O3. The van der Waals surface area contributed by atoms with Crippen LogP contribution in [0.15, 0.2) is 54.6 Å². The summed E-state index contributed by atoms with van der Waals surface area (Å²) < 4.78 is 0. The fourth-order valence-electron chi connectivity index (χ4n) is 3.60. The summed E-state index contributed by atoms with van der Waals surface area (Å²) in [6, 6.07) is 14.7. The quantitative estimate of drug-likeness (QED) is 0.429. The van der Waals surface area contributed by atoms with Gasteiger partial charge in [-0.1, -0.05) is 6.07 Å². The highest BCUT2D eigenvalue weighted by molar-refractivity contribution is 6.04. The lowest BCUT2D eigenvalue weighted by molar-refractivity contribution is -0.384. The molecule has 0 aliphatic carbocycles. The van der Waals surface area contributed by atoms with Crippen molar-refractivity contribution in [1.29, 1.82) is 0 Å². The van der Waals surface area contributed by atoms with Crippen LogP contribution in [-0.2, 0) is 0 Å². The summed E-state index contributed by atoms with van der Waals surface area (Å²) in [4.78, 5) is 34.3. The van der Waals surface area contributed by atoms with Crippen LogP contribution in [0, 0.1) is 17.0 Å². The number of non-ortho nitro benzene ring substituents is 1. The molecule has 0 atom stereocenters. The summed E-state index contributed by atoms with van der Waals surface area (Å²) in [5.74, 6) is 1.05. The molecule has 0 radical (unpaired) electrons. The molecule has 0 saturated carbocycles. The smallest absolute Gasteiger partial charge is 0.270 e. The average Bonchev–Trinajstić information content (AvgIpc) is 2.80. The first-order chi connectivity index (χ1) is 15.5. The second-order valence-electron chi connectivity index (χ2n) is 7.71. The number of nitrogens with zero attached hydrogens (tertiary/aromatic N) is 4. The lowest BCUT2D eigenvalue weighted by Crippen LogP contribution is -2.31. The number of aryl methyl sites for hydroxylation is 1. The van der Waals surface area contributed by atoms with Crippen molar-refractivity contribution in [2.75, 3.05) is 28.6 Å². The van der Waals surface area contributed by atoms with Crippen molar-refractivity contribution in [1.82, 2.24) is 9.97 Å². The molecule has 1 amide bonds. The highest BCUT2D eigenvalue weighted by Gasteiger charge is 2.15. The van der Waals surface area contributed by atoms with Crippen LogP contribution >= 0.6 is 0 Å². The van der Waals surface area contributed by atoms with E-state index < -0.39 is 10.8 Å². The Morgan fingerprint density at radius 3 is 2.44 bits per heavy atom. The maximum absolute atomic E-state index is 12.4. The van der Waals surface area contributed by atoms with Gasteiger partial charge in [-0.25, -0.2) is 4.98 Å². The molecule has 1 aromatic heterocycles. The zero-order chi connectivity index (χ0) is 22.5. The molecule has 2 heterocycles. The number of piperidine rings is 1. The minimum atomic E-state index is -0.525. The summed E-state index contributed by atoms with van der Waals surface area (Å²) in [6.07, 6.45) is 3.56. The number of carbonyl (C=O) groups is 1. The van der Waals surface area contributed by atoms with Crippen LogP contribution in [0.5, 0.6) is 0 Å². The minimum Gasteiger partial charge on any atom is -0.341 e. The first kappa shape index (κ1) is 21.2. The minimum absolute atomic E-state index is 0.124. The number of carbonyl (C=O) groups excluding carboxylic acids is 1. The van der Waals surface area contributed by atoms with Crippen molar-refractivity contribution in [3.8, 4) is 0 Å². The van der Waals surface area contributed by atoms with E-state index in [0.717, 1.165) is 43.3 Å². The van der Waals surface area contributed by atoms with E-state index in [1.807, 2.05) is 25.1 Å². The predicted molar refractivity (Wildman–Crippen MR) is 124 cm³/mol. The van der Waals surface area contributed by atoms with E-state index in [4.69, 9.17) is 0 Å². The number of rotatable bonds is 6. The zero-order valence-corrected chi connectivity index (χ0v) is 17.7. The topological polar surface area (TPSA) is 113 Å². The Bertz CT molecular complexity index is 1130. The van der Waals surface area contributed by atoms with Gasteiger partial charge in [0.25, 0.3) is 11.6 Å². The molecule has 0 unspecified atom stereocenters. The van der Waals surface area contributed by atoms with Crippen LogP contribution in [0.3, 0.4) is 0 Å². The maximum Gasteiger partial charge on any atom is 0.270 e. The van der Waals surface area contributed by atoms with E-state index in [2.05, 4.69) is 25.5 Å². The lowest BCUT2D eigenvalue weighted by atomic mass is 10.1. The third-order valence-corrected chi connectivity index (χ3v) is 5.22. The van der Waals surface area contributed by atoms with Gasteiger partial charge in [0, 0.05) is 53.9 Å². The van der Waals surface area contributed by atoms with Crippen molar-refractivity contribution >= 4 is 34.7 Å². The Labute approximate surface area is 185 Å². The van der Waals surface area contributed by atoms with E-state index in [1.165, 1.54) is 30.7 Å². The molecule has 2 N–H and O–H groups in total. The van der Waals surface area contributed by atoms with Crippen LogP contribution in [0.25, 0.3) is 0 Å². The van der Waals surface area contributed by atoms with Gasteiger partial charge in [0.05, 0.1) is 4.92 Å². The third-order valence-electron chi connectivity index (χ3n) is 5.22. The van der Waals surface area contributed by atoms with Crippen molar-refractivity contribution in [2.24, 2.45) is 0 Å². The summed E-state index contributed by atoms with van der Waals surface area (Å²) in [7, 11) is 0. The molecule has 9 nitrogen and oxygen atoms in total. The number of aromatic nitrogens is 2. The maximum atomic E-state index is 12.4. The van der Waals surface area contributed by atoms with Crippen LogP contribution in [0.1, 0.15) is 35.3 Å².